The van der Waals surface area contributed by atoms with E-state index in [-0.39, 0.29) is 11.3 Å². The van der Waals surface area contributed by atoms with E-state index >= 15 is 0 Å². The molecule has 3 heterocycles. The van der Waals surface area contributed by atoms with Crippen molar-refractivity contribution in [3.63, 3.8) is 0 Å². The summed E-state index contributed by atoms with van der Waals surface area (Å²) >= 11 is 0. The van der Waals surface area contributed by atoms with Crippen molar-refractivity contribution in [2.75, 3.05) is 48.5 Å². The third kappa shape index (κ3) is 4.56. The highest BCUT2D eigenvalue weighted by Gasteiger charge is 2.45. The van der Waals surface area contributed by atoms with E-state index in [1.165, 1.54) is 31.1 Å². The lowest BCUT2D eigenvalue weighted by atomic mass is 9.95. The molecule has 0 saturated carbocycles. The number of carbonyl (C=O) groups is 2. The van der Waals surface area contributed by atoms with Crippen LogP contribution in [-0.4, -0.2) is 74.5 Å². The van der Waals surface area contributed by atoms with Crippen molar-refractivity contribution in [2.24, 2.45) is 0 Å². The molecule has 3 aromatic rings. The molecule has 1 N–H and O–H groups in total. The van der Waals surface area contributed by atoms with Crippen LogP contribution in [0.3, 0.4) is 0 Å². The molecule has 10 nitrogen and oxygen atoms in total. The lowest BCUT2D eigenvalue weighted by Crippen LogP contribution is -3.05. The molecule has 1 fully saturated rings. The minimum atomic E-state index is -0.928. The first-order valence-corrected chi connectivity index (χ1v) is 12.4. The third-order valence-electron chi connectivity index (χ3n) is 6.84. The van der Waals surface area contributed by atoms with Crippen LogP contribution in [0.15, 0.2) is 36.0 Å². The molecule has 2 aromatic heterocycles. The van der Waals surface area contributed by atoms with Gasteiger partial charge < -0.3 is 33.5 Å². The molecule has 38 heavy (non-hydrogen) atoms. The molecule has 0 spiro atoms. The number of imidazole rings is 1. The third-order valence-corrected chi connectivity index (χ3v) is 6.84. The van der Waals surface area contributed by atoms with Gasteiger partial charge in [-0.15, -0.1) is 0 Å². The van der Waals surface area contributed by atoms with Gasteiger partial charge in [0.15, 0.2) is 11.5 Å². The fourth-order valence-corrected chi connectivity index (χ4v) is 5.03. The first-order chi connectivity index (χ1) is 18.1. The predicted molar refractivity (Wildman–Crippen MR) is 139 cm³/mol. The second kappa shape index (κ2) is 10.7. The summed E-state index contributed by atoms with van der Waals surface area (Å²) in [4.78, 5) is 34.1. The molecule has 1 amide bonds. The number of pyridine rings is 1. The summed E-state index contributed by atoms with van der Waals surface area (Å²) in [5.41, 5.74) is 2.66. The normalized spacial score (nSPS) is 17.1. The first kappa shape index (κ1) is 27.0. The number of nitrogens with zero attached hydrogens (tertiary/aromatic N) is 3. The van der Waals surface area contributed by atoms with Gasteiger partial charge in [-0.1, -0.05) is 11.8 Å². The number of methoxy groups -OCH3 is 3. The van der Waals surface area contributed by atoms with Gasteiger partial charge >= 0.3 is 0 Å². The van der Waals surface area contributed by atoms with Crippen molar-refractivity contribution in [1.29, 1.82) is 0 Å². The standard InChI is InChI=1S/C28H34N4O6/c1-16-10-8-12-31-22(17(2)29-27(16)31)24(33)21-23(32(28(35)25(21)34)13-9-11-30(3)4)18-14-19(36-5)26(38-7)20(15-18)37-6/h8,10,12,14-15,23,33H,9,11,13H2,1-7H3. The number of rotatable bonds is 9. The fourth-order valence-electron chi connectivity index (χ4n) is 5.03. The van der Waals surface area contributed by atoms with Gasteiger partial charge in [0.05, 0.1) is 59.4 Å². The van der Waals surface area contributed by atoms with Crippen LogP contribution in [0.5, 0.6) is 17.2 Å². The van der Waals surface area contributed by atoms with Gasteiger partial charge in [0.2, 0.25) is 11.5 Å². The summed E-state index contributed by atoms with van der Waals surface area (Å²) in [6, 6.07) is 6.16. The molecule has 202 valence electrons. The number of quaternary nitrogens is 1. The van der Waals surface area contributed by atoms with Crippen molar-refractivity contribution in [3.05, 3.63) is 58.6 Å². The van der Waals surface area contributed by atoms with Crippen LogP contribution >= 0.6 is 0 Å². The minimum Gasteiger partial charge on any atom is -0.871 e. The minimum absolute atomic E-state index is 0.118. The maximum absolute atomic E-state index is 14.2. The number of likely N-dealkylation sites (tertiary alicyclic amines) is 1. The van der Waals surface area contributed by atoms with Crippen molar-refractivity contribution in [1.82, 2.24) is 14.3 Å². The number of carbonyl (C=O) groups excluding carboxylic acids is 2. The monoisotopic (exact) mass is 522 g/mol. The number of Topliss-reactive ketones (excluding diaryl/α,β-unsaturated/α-hetero) is 1. The Morgan fingerprint density at radius 1 is 1.08 bits per heavy atom. The van der Waals surface area contributed by atoms with E-state index in [0.29, 0.717) is 47.1 Å². The topological polar surface area (TPSA) is 110 Å². The van der Waals surface area contributed by atoms with E-state index in [1.807, 2.05) is 33.2 Å². The van der Waals surface area contributed by atoms with Crippen molar-refractivity contribution >= 4 is 23.1 Å². The second-order valence-electron chi connectivity index (χ2n) is 9.67. The highest BCUT2D eigenvalue weighted by atomic mass is 16.5. The average molecular weight is 523 g/mol. The van der Waals surface area contributed by atoms with E-state index in [0.717, 1.165) is 12.1 Å². The molecule has 0 bridgehead atoms. The molecular formula is C28H34N4O6. The summed E-state index contributed by atoms with van der Waals surface area (Å²) in [6.07, 6.45) is 2.39. The number of hydrogen-bond donors (Lipinski definition) is 1. The number of fused-ring (bicyclic) bond motifs is 1. The Kier molecular flexibility index (Phi) is 7.63. The van der Waals surface area contributed by atoms with Crippen LogP contribution in [0.2, 0.25) is 0 Å². The number of hydrogen-bond acceptors (Lipinski definition) is 7. The van der Waals surface area contributed by atoms with Gasteiger partial charge in [0.1, 0.15) is 5.65 Å². The van der Waals surface area contributed by atoms with Gasteiger partial charge in [-0.05, 0) is 43.2 Å². The predicted octanol–water partition coefficient (Wildman–Crippen LogP) is 0.736. The van der Waals surface area contributed by atoms with Crippen molar-refractivity contribution < 1.29 is 33.8 Å². The summed E-state index contributed by atoms with van der Waals surface area (Å²) < 4.78 is 18.2. The lowest BCUT2D eigenvalue weighted by molar-refractivity contribution is -0.858. The van der Waals surface area contributed by atoms with Gasteiger partial charge in [-0.2, -0.15) is 0 Å². The van der Waals surface area contributed by atoms with Crippen LogP contribution < -0.4 is 24.2 Å². The molecule has 1 aliphatic rings. The van der Waals surface area contributed by atoms with Crippen molar-refractivity contribution in [2.45, 2.75) is 26.3 Å². The summed E-state index contributed by atoms with van der Waals surface area (Å²) in [7, 11) is 8.51. The molecule has 0 radical (unpaired) electrons. The van der Waals surface area contributed by atoms with Crippen LogP contribution in [0.25, 0.3) is 11.4 Å². The van der Waals surface area contributed by atoms with Gasteiger partial charge in [-0.25, -0.2) is 4.98 Å². The number of aryl methyl sites for hydroxylation is 2. The maximum Gasteiger partial charge on any atom is 0.295 e. The lowest BCUT2D eigenvalue weighted by Gasteiger charge is -2.28. The molecule has 1 aromatic carbocycles. The highest BCUT2D eigenvalue weighted by molar-refractivity contribution is 6.46. The zero-order valence-electron chi connectivity index (χ0n) is 22.9. The number of benzene rings is 1. The van der Waals surface area contributed by atoms with Gasteiger partial charge in [0.25, 0.3) is 5.91 Å². The average Bonchev–Trinajstić information content (AvgIpc) is 3.36. The molecule has 1 aliphatic heterocycles. The second-order valence-corrected chi connectivity index (χ2v) is 9.67. The maximum atomic E-state index is 14.2. The Morgan fingerprint density at radius 3 is 2.32 bits per heavy atom. The van der Waals surface area contributed by atoms with Gasteiger partial charge in [-0.3, -0.25) is 9.59 Å². The number of ketones is 1. The first-order valence-electron chi connectivity index (χ1n) is 12.4. The number of aromatic nitrogens is 2. The Hall–Kier alpha value is -4.05. The molecule has 10 heteroatoms. The number of ether oxygens (including phenoxy) is 3. The molecule has 1 saturated heterocycles. The van der Waals surface area contributed by atoms with Gasteiger partial charge in [0, 0.05) is 24.7 Å². The van der Waals surface area contributed by atoms with E-state index in [9.17, 15) is 14.7 Å². The number of amides is 1. The van der Waals surface area contributed by atoms with Crippen LogP contribution in [0.1, 0.15) is 35.0 Å². The molecule has 1 atom stereocenters. The van der Waals surface area contributed by atoms with E-state index < -0.39 is 23.5 Å². The summed E-state index contributed by atoms with van der Waals surface area (Å²) in [6.45, 7) is 4.72. The molecular weight excluding hydrogens is 488 g/mol. The van der Waals surface area contributed by atoms with Crippen LogP contribution in [0, 0.1) is 13.8 Å². The van der Waals surface area contributed by atoms with Crippen LogP contribution in [0.4, 0.5) is 0 Å². The smallest absolute Gasteiger partial charge is 0.295 e. The summed E-state index contributed by atoms with van der Waals surface area (Å²) in [5.74, 6) is -0.951. The molecule has 1 unspecified atom stereocenters. The quantitative estimate of drug-likeness (QED) is 0.251. The Bertz CT molecular complexity index is 1400. The molecule has 0 aliphatic carbocycles. The van der Waals surface area contributed by atoms with E-state index in [4.69, 9.17) is 14.2 Å². The van der Waals surface area contributed by atoms with E-state index in [1.54, 1.807) is 29.7 Å². The Morgan fingerprint density at radius 2 is 1.74 bits per heavy atom. The zero-order valence-corrected chi connectivity index (χ0v) is 22.9. The highest BCUT2D eigenvalue weighted by Crippen LogP contribution is 2.45. The number of nitrogens with one attached hydrogen (secondary N) is 1. The van der Waals surface area contributed by atoms with E-state index in [2.05, 4.69) is 4.98 Å². The molecule has 4 rings (SSSR count). The zero-order chi connectivity index (χ0) is 27.7. The largest absolute Gasteiger partial charge is 0.871 e. The Balaban J connectivity index is 1.97. The Labute approximate surface area is 222 Å². The fraction of sp³-hybridized carbons (Fsp3) is 0.393. The summed E-state index contributed by atoms with van der Waals surface area (Å²) in [5, 5.41) is 14.2. The van der Waals surface area contributed by atoms with Crippen LogP contribution in [-0.2, 0) is 9.59 Å². The van der Waals surface area contributed by atoms with Crippen molar-refractivity contribution in [3.8, 4) is 17.2 Å². The SMILES string of the molecule is COc1cc(C2C(=C([O-])c3c(C)nc4c(C)cccn34)C(=O)C(=O)N2CCC[NH+](C)C)cc(OC)c1OC.